The number of para-hydroxylation sites is 1. The SMILES string of the molecule is CCC(=O)Nc1c(C(=O)O)oc2ccccc12. The number of amides is 1. The molecular formula is C12H11NO4. The Balaban J connectivity index is 2.59. The van der Waals surface area contributed by atoms with Crippen LogP contribution in [0.5, 0.6) is 0 Å². The smallest absolute Gasteiger partial charge is 0.374 e. The third-order valence-electron chi connectivity index (χ3n) is 2.38. The zero-order valence-electron chi connectivity index (χ0n) is 9.19. The van der Waals surface area contributed by atoms with Crippen molar-refractivity contribution in [1.82, 2.24) is 0 Å². The molecule has 0 saturated heterocycles. The number of nitrogens with one attached hydrogen (secondary N) is 1. The van der Waals surface area contributed by atoms with E-state index in [0.717, 1.165) is 0 Å². The fraction of sp³-hybridized carbons (Fsp3) is 0.167. The normalized spacial score (nSPS) is 10.4. The maximum Gasteiger partial charge on any atom is 0.374 e. The molecule has 2 rings (SSSR count). The average molecular weight is 233 g/mol. The van der Waals surface area contributed by atoms with Crippen molar-refractivity contribution in [1.29, 1.82) is 0 Å². The highest BCUT2D eigenvalue weighted by atomic mass is 16.4. The van der Waals surface area contributed by atoms with Gasteiger partial charge in [0.05, 0.1) is 0 Å². The zero-order valence-corrected chi connectivity index (χ0v) is 9.19. The molecule has 0 atom stereocenters. The van der Waals surface area contributed by atoms with E-state index in [1.165, 1.54) is 0 Å². The molecule has 0 radical (unpaired) electrons. The van der Waals surface area contributed by atoms with Crippen LogP contribution in [0.25, 0.3) is 11.0 Å². The van der Waals surface area contributed by atoms with Gasteiger partial charge < -0.3 is 14.8 Å². The van der Waals surface area contributed by atoms with Gasteiger partial charge in [0.1, 0.15) is 11.3 Å². The molecule has 1 heterocycles. The van der Waals surface area contributed by atoms with E-state index in [4.69, 9.17) is 9.52 Å². The first-order valence-corrected chi connectivity index (χ1v) is 5.18. The molecule has 2 aromatic rings. The van der Waals surface area contributed by atoms with Gasteiger partial charge in [-0.3, -0.25) is 4.79 Å². The Kier molecular flexibility index (Phi) is 2.82. The lowest BCUT2D eigenvalue weighted by Gasteiger charge is -2.01. The number of fused-ring (bicyclic) bond motifs is 1. The summed E-state index contributed by atoms with van der Waals surface area (Å²) in [6, 6.07) is 6.86. The number of carboxylic acids is 1. The van der Waals surface area contributed by atoms with E-state index in [2.05, 4.69) is 5.32 Å². The third kappa shape index (κ3) is 1.99. The van der Waals surface area contributed by atoms with Gasteiger partial charge in [-0.25, -0.2) is 4.79 Å². The second kappa shape index (κ2) is 4.29. The molecule has 5 heteroatoms. The molecule has 5 nitrogen and oxygen atoms in total. The summed E-state index contributed by atoms with van der Waals surface area (Å²) in [5.74, 6) is -1.69. The summed E-state index contributed by atoms with van der Waals surface area (Å²) >= 11 is 0. The summed E-state index contributed by atoms with van der Waals surface area (Å²) in [6.45, 7) is 1.69. The number of carbonyl (C=O) groups is 2. The van der Waals surface area contributed by atoms with Gasteiger partial charge in [-0.15, -0.1) is 0 Å². The first-order valence-electron chi connectivity index (χ1n) is 5.18. The molecule has 17 heavy (non-hydrogen) atoms. The van der Waals surface area contributed by atoms with Crippen molar-refractivity contribution in [3.8, 4) is 0 Å². The zero-order chi connectivity index (χ0) is 12.4. The van der Waals surface area contributed by atoms with Gasteiger partial charge >= 0.3 is 5.97 Å². The van der Waals surface area contributed by atoms with Crippen molar-refractivity contribution < 1.29 is 19.1 Å². The first-order chi connectivity index (χ1) is 8.13. The molecule has 0 fully saturated rings. The van der Waals surface area contributed by atoms with Gasteiger partial charge in [0.2, 0.25) is 11.7 Å². The number of aromatic carboxylic acids is 1. The van der Waals surface area contributed by atoms with Crippen molar-refractivity contribution >= 4 is 28.5 Å². The van der Waals surface area contributed by atoms with Crippen LogP contribution in [0.4, 0.5) is 5.69 Å². The lowest BCUT2D eigenvalue weighted by molar-refractivity contribution is -0.115. The second-order valence-electron chi connectivity index (χ2n) is 3.51. The number of benzene rings is 1. The van der Waals surface area contributed by atoms with E-state index in [0.29, 0.717) is 11.0 Å². The summed E-state index contributed by atoms with van der Waals surface area (Å²) in [4.78, 5) is 22.4. The number of carbonyl (C=O) groups excluding carboxylic acids is 1. The Bertz CT molecular complexity index is 585. The second-order valence-corrected chi connectivity index (χ2v) is 3.51. The predicted octanol–water partition coefficient (Wildman–Crippen LogP) is 2.48. The van der Waals surface area contributed by atoms with E-state index < -0.39 is 5.97 Å². The molecule has 0 aliphatic rings. The highest BCUT2D eigenvalue weighted by Gasteiger charge is 2.20. The summed E-state index contributed by atoms with van der Waals surface area (Å²) in [5, 5.41) is 12.1. The van der Waals surface area contributed by atoms with Crippen molar-refractivity contribution in [3.05, 3.63) is 30.0 Å². The van der Waals surface area contributed by atoms with Crippen LogP contribution in [0.15, 0.2) is 28.7 Å². The Morgan fingerprint density at radius 3 is 2.71 bits per heavy atom. The van der Waals surface area contributed by atoms with Gasteiger partial charge in [0.15, 0.2) is 0 Å². The molecule has 0 saturated carbocycles. The van der Waals surface area contributed by atoms with Crippen LogP contribution in [0.2, 0.25) is 0 Å². The summed E-state index contributed by atoms with van der Waals surface area (Å²) < 4.78 is 5.19. The molecule has 0 aliphatic carbocycles. The number of carboxylic acid groups (broad SMARTS) is 1. The Morgan fingerprint density at radius 2 is 2.06 bits per heavy atom. The van der Waals surface area contributed by atoms with Crippen molar-refractivity contribution in [3.63, 3.8) is 0 Å². The molecule has 0 aliphatic heterocycles. The van der Waals surface area contributed by atoms with Crippen LogP contribution < -0.4 is 5.32 Å². The van der Waals surface area contributed by atoms with E-state index in [1.807, 2.05) is 0 Å². The van der Waals surface area contributed by atoms with Crippen LogP contribution in [-0.4, -0.2) is 17.0 Å². The molecule has 0 spiro atoms. The third-order valence-corrected chi connectivity index (χ3v) is 2.38. The fourth-order valence-corrected chi connectivity index (χ4v) is 1.55. The quantitative estimate of drug-likeness (QED) is 0.853. The molecular weight excluding hydrogens is 222 g/mol. The first kappa shape index (κ1) is 11.2. The minimum absolute atomic E-state index is 0.222. The standard InChI is InChI=1S/C12H11NO4/c1-2-9(14)13-10-7-5-3-4-6-8(7)17-11(10)12(15)16/h3-6H,2H2,1H3,(H,13,14)(H,15,16). The lowest BCUT2D eigenvalue weighted by atomic mass is 10.2. The minimum atomic E-state index is -1.20. The number of hydrogen-bond donors (Lipinski definition) is 2. The summed E-state index contributed by atoms with van der Waals surface area (Å²) in [6.07, 6.45) is 0.276. The number of hydrogen-bond acceptors (Lipinski definition) is 3. The maximum absolute atomic E-state index is 11.4. The fourth-order valence-electron chi connectivity index (χ4n) is 1.55. The topological polar surface area (TPSA) is 79.5 Å². The molecule has 2 N–H and O–H groups in total. The van der Waals surface area contributed by atoms with E-state index >= 15 is 0 Å². The van der Waals surface area contributed by atoms with Gasteiger partial charge in [-0.1, -0.05) is 19.1 Å². The van der Waals surface area contributed by atoms with Crippen molar-refractivity contribution in [2.45, 2.75) is 13.3 Å². The molecule has 0 bridgehead atoms. The molecule has 88 valence electrons. The minimum Gasteiger partial charge on any atom is -0.475 e. The van der Waals surface area contributed by atoms with Gasteiger partial charge in [0.25, 0.3) is 0 Å². The van der Waals surface area contributed by atoms with Gasteiger partial charge in [-0.05, 0) is 12.1 Å². The van der Waals surface area contributed by atoms with E-state index in [1.54, 1.807) is 31.2 Å². The number of anilines is 1. The van der Waals surface area contributed by atoms with Gasteiger partial charge in [-0.2, -0.15) is 0 Å². The van der Waals surface area contributed by atoms with E-state index in [9.17, 15) is 9.59 Å². The molecule has 0 unspecified atom stereocenters. The monoisotopic (exact) mass is 233 g/mol. The summed E-state index contributed by atoms with van der Waals surface area (Å²) in [7, 11) is 0. The van der Waals surface area contributed by atoms with Crippen LogP contribution in [0.1, 0.15) is 23.9 Å². The molecule has 1 amide bonds. The maximum atomic E-state index is 11.4. The average Bonchev–Trinajstić information content (AvgIpc) is 2.68. The molecule has 1 aromatic heterocycles. The highest BCUT2D eigenvalue weighted by molar-refractivity contribution is 6.08. The highest BCUT2D eigenvalue weighted by Crippen LogP contribution is 2.30. The Labute approximate surface area is 97.0 Å². The van der Waals surface area contributed by atoms with Crippen LogP contribution in [-0.2, 0) is 4.79 Å². The Hall–Kier alpha value is -2.30. The van der Waals surface area contributed by atoms with E-state index in [-0.39, 0.29) is 23.8 Å². The van der Waals surface area contributed by atoms with Crippen molar-refractivity contribution in [2.24, 2.45) is 0 Å². The molecule has 1 aromatic carbocycles. The van der Waals surface area contributed by atoms with Crippen LogP contribution >= 0.6 is 0 Å². The number of rotatable bonds is 3. The predicted molar refractivity (Wildman–Crippen MR) is 62.1 cm³/mol. The lowest BCUT2D eigenvalue weighted by Crippen LogP contribution is -2.11. The van der Waals surface area contributed by atoms with Gasteiger partial charge in [0, 0.05) is 11.8 Å². The van der Waals surface area contributed by atoms with Crippen LogP contribution in [0.3, 0.4) is 0 Å². The van der Waals surface area contributed by atoms with Crippen molar-refractivity contribution in [2.75, 3.05) is 5.32 Å². The van der Waals surface area contributed by atoms with Crippen LogP contribution in [0, 0.1) is 0 Å². The Morgan fingerprint density at radius 1 is 1.35 bits per heavy atom. The number of furan rings is 1. The largest absolute Gasteiger partial charge is 0.475 e. The summed E-state index contributed by atoms with van der Waals surface area (Å²) in [5.41, 5.74) is 0.663.